The normalized spacial score (nSPS) is 10.3. The van der Waals surface area contributed by atoms with Crippen molar-refractivity contribution < 1.29 is 14.3 Å². The van der Waals surface area contributed by atoms with E-state index >= 15 is 0 Å². The van der Waals surface area contributed by atoms with E-state index in [0.29, 0.717) is 5.75 Å². The Labute approximate surface area is 124 Å². The van der Waals surface area contributed by atoms with Crippen LogP contribution in [0.3, 0.4) is 0 Å². The summed E-state index contributed by atoms with van der Waals surface area (Å²) < 4.78 is 12.5. The highest BCUT2D eigenvalue weighted by Gasteiger charge is 2.18. The SMILES string of the molecule is CCOC(=O)c1ncn(-c2cc(OC)ccc2Br)c1N. The van der Waals surface area contributed by atoms with E-state index in [9.17, 15) is 4.79 Å². The van der Waals surface area contributed by atoms with Crippen molar-refractivity contribution in [2.24, 2.45) is 0 Å². The summed E-state index contributed by atoms with van der Waals surface area (Å²) in [5.74, 6) is 0.356. The molecule has 2 N–H and O–H groups in total. The van der Waals surface area contributed by atoms with Crippen LogP contribution in [0.15, 0.2) is 29.0 Å². The zero-order valence-electron chi connectivity index (χ0n) is 11.1. The first kappa shape index (κ1) is 14.4. The molecule has 0 atom stereocenters. The van der Waals surface area contributed by atoms with E-state index in [-0.39, 0.29) is 18.1 Å². The topological polar surface area (TPSA) is 79.4 Å². The predicted octanol–water partition coefficient (Wildman–Crippen LogP) is 2.40. The van der Waals surface area contributed by atoms with Crippen LogP contribution in [-0.2, 0) is 4.74 Å². The maximum absolute atomic E-state index is 11.7. The molecule has 106 valence electrons. The number of halogens is 1. The third-order valence-electron chi connectivity index (χ3n) is 2.69. The monoisotopic (exact) mass is 339 g/mol. The molecule has 20 heavy (non-hydrogen) atoms. The third-order valence-corrected chi connectivity index (χ3v) is 3.36. The summed E-state index contributed by atoms with van der Waals surface area (Å²) in [7, 11) is 1.58. The Bertz CT molecular complexity index is 640. The Kier molecular flexibility index (Phi) is 4.29. The van der Waals surface area contributed by atoms with Gasteiger partial charge in [-0.2, -0.15) is 0 Å². The largest absolute Gasteiger partial charge is 0.497 e. The maximum atomic E-state index is 11.7. The van der Waals surface area contributed by atoms with E-state index in [2.05, 4.69) is 20.9 Å². The number of carbonyl (C=O) groups is 1. The highest BCUT2D eigenvalue weighted by atomic mass is 79.9. The van der Waals surface area contributed by atoms with Crippen LogP contribution < -0.4 is 10.5 Å². The van der Waals surface area contributed by atoms with Crippen LogP contribution in [0.2, 0.25) is 0 Å². The predicted molar refractivity (Wildman–Crippen MR) is 78.2 cm³/mol. The van der Waals surface area contributed by atoms with Crippen molar-refractivity contribution in [3.8, 4) is 11.4 Å². The molecular weight excluding hydrogens is 326 g/mol. The van der Waals surface area contributed by atoms with Gasteiger partial charge in [-0.05, 0) is 35.0 Å². The van der Waals surface area contributed by atoms with Crippen molar-refractivity contribution in [1.82, 2.24) is 9.55 Å². The van der Waals surface area contributed by atoms with Gasteiger partial charge < -0.3 is 15.2 Å². The van der Waals surface area contributed by atoms with Gasteiger partial charge in [0.25, 0.3) is 0 Å². The van der Waals surface area contributed by atoms with Crippen molar-refractivity contribution in [2.45, 2.75) is 6.92 Å². The molecule has 0 amide bonds. The molecule has 1 aromatic carbocycles. The van der Waals surface area contributed by atoms with Gasteiger partial charge in [0, 0.05) is 10.5 Å². The Hall–Kier alpha value is -2.02. The Morgan fingerprint density at radius 3 is 2.90 bits per heavy atom. The highest BCUT2D eigenvalue weighted by Crippen LogP contribution is 2.28. The number of ether oxygens (including phenoxy) is 2. The summed E-state index contributed by atoms with van der Waals surface area (Å²) in [4.78, 5) is 15.7. The second-order valence-electron chi connectivity index (χ2n) is 3.89. The molecule has 2 rings (SSSR count). The molecular formula is C13H14BrN3O3. The van der Waals surface area contributed by atoms with E-state index in [4.69, 9.17) is 15.2 Å². The summed E-state index contributed by atoms with van der Waals surface area (Å²) in [5, 5.41) is 0. The van der Waals surface area contributed by atoms with Gasteiger partial charge in [0.1, 0.15) is 17.9 Å². The van der Waals surface area contributed by atoms with Crippen molar-refractivity contribution in [1.29, 1.82) is 0 Å². The maximum Gasteiger partial charge on any atom is 0.360 e. The van der Waals surface area contributed by atoms with Crippen molar-refractivity contribution in [2.75, 3.05) is 19.5 Å². The number of rotatable bonds is 4. The first-order valence-electron chi connectivity index (χ1n) is 5.92. The van der Waals surface area contributed by atoms with Crippen molar-refractivity contribution in [3.63, 3.8) is 0 Å². The Morgan fingerprint density at radius 2 is 2.25 bits per heavy atom. The second kappa shape index (κ2) is 5.96. The fraction of sp³-hybridized carbons (Fsp3) is 0.231. The van der Waals surface area contributed by atoms with Crippen LogP contribution in [0.4, 0.5) is 5.82 Å². The van der Waals surface area contributed by atoms with E-state index in [1.165, 1.54) is 6.33 Å². The molecule has 0 saturated carbocycles. The van der Waals surface area contributed by atoms with Gasteiger partial charge in [0.2, 0.25) is 0 Å². The second-order valence-corrected chi connectivity index (χ2v) is 4.74. The van der Waals surface area contributed by atoms with Gasteiger partial charge in [-0.15, -0.1) is 0 Å². The lowest BCUT2D eigenvalue weighted by Gasteiger charge is -2.10. The molecule has 1 aromatic heterocycles. The smallest absolute Gasteiger partial charge is 0.360 e. The Morgan fingerprint density at radius 1 is 1.50 bits per heavy atom. The zero-order valence-corrected chi connectivity index (χ0v) is 12.7. The first-order valence-corrected chi connectivity index (χ1v) is 6.71. The number of carbonyl (C=O) groups excluding carboxylic acids is 1. The summed E-state index contributed by atoms with van der Waals surface area (Å²) in [6.45, 7) is 2.00. The van der Waals surface area contributed by atoms with Crippen LogP contribution in [-0.4, -0.2) is 29.2 Å². The van der Waals surface area contributed by atoms with Gasteiger partial charge in [0.05, 0.1) is 19.4 Å². The van der Waals surface area contributed by atoms with Crippen molar-refractivity contribution >= 4 is 27.7 Å². The number of imidazole rings is 1. The number of anilines is 1. The number of hydrogen-bond donors (Lipinski definition) is 1. The molecule has 0 aliphatic rings. The highest BCUT2D eigenvalue weighted by molar-refractivity contribution is 9.10. The molecule has 0 spiro atoms. The van der Waals surface area contributed by atoms with Gasteiger partial charge in [-0.25, -0.2) is 9.78 Å². The van der Waals surface area contributed by atoms with Crippen molar-refractivity contribution in [3.05, 3.63) is 34.7 Å². The number of nitrogens with zero attached hydrogens (tertiary/aromatic N) is 2. The van der Waals surface area contributed by atoms with Crippen LogP contribution in [0, 0.1) is 0 Å². The van der Waals surface area contributed by atoms with Crippen LogP contribution in [0.1, 0.15) is 17.4 Å². The number of esters is 1. The van der Waals surface area contributed by atoms with Gasteiger partial charge in [-0.1, -0.05) is 0 Å². The Balaban J connectivity index is 2.46. The molecule has 6 nitrogen and oxygen atoms in total. The molecule has 0 aliphatic heterocycles. The molecule has 0 fully saturated rings. The molecule has 7 heteroatoms. The number of benzene rings is 1. The third kappa shape index (κ3) is 2.62. The number of aromatic nitrogens is 2. The van der Waals surface area contributed by atoms with Gasteiger partial charge in [0.15, 0.2) is 5.69 Å². The quantitative estimate of drug-likeness (QED) is 0.865. The average molecular weight is 340 g/mol. The molecule has 0 radical (unpaired) electrons. The van der Waals surface area contributed by atoms with E-state index in [0.717, 1.165) is 10.2 Å². The first-order chi connectivity index (χ1) is 9.58. The fourth-order valence-electron chi connectivity index (χ4n) is 1.71. The van der Waals surface area contributed by atoms with Crippen LogP contribution in [0.5, 0.6) is 5.75 Å². The summed E-state index contributed by atoms with van der Waals surface area (Å²) in [6, 6.07) is 5.43. The lowest BCUT2D eigenvalue weighted by atomic mass is 10.3. The van der Waals surface area contributed by atoms with Crippen LogP contribution >= 0.6 is 15.9 Å². The molecule has 0 unspecified atom stereocenters. The fourth-order valence-corrected chi connectivity index (χ4v) is 2.15. The zero-order chi connectivity index (χ0) is 14.7. The summed E-state index contributed by atoms with van der Waals surface area (Å²) >= 11 is 3.43. The van der Waals surface area contributed by atoms with Gasteiger partial charge >= 0.3 is 5.97 Å². The number of methoxy groups -OCH3 is 1. The van der Waals surface area contributed by atoms with Crippen LogP contribution in [0.25, 0.3) is 5.69 Å². The van der Waals surface area contributed by atoms with E-state index < -0.39 is 5.97 Å². The van der Waals surface area contributed by atoms with E-state index in [1.807, 2.05) is 12.1 Å². The average Bonchev–Trinajstić information content (AvgIpc) is 2.81. The minimum Gasteiger partial charge on any atom is -0.497 e. The number of nitrogens with two attached hydrogens (primary N) is 1. The summed E-state index contributed by atoms with van der Waals surface area (Å²) in [5.41, 5.74) is 6.79. The molecule has 2 aromatic rings. The molecule has 1 heterocycles. The van der Waals surface area contributed by atoms with E-state index in [1.54, 1.807) is 24.7 Å². The van der Waals surface area contributed by atoms with Gasteiger partial charge in [-0.3, -0.25) is 4.57 Å². The summed E-state index contributed by atoms with van der Waals surface area (Å²) in [6.07, 6.45) is 1.47. The molecule has 0 saturated heterocycles. The minimum absolute atomic E-state index is 0.0987. The lowest BCUT2D eigenvalue weighted by molar-refractivity contribution is 0.0521. The standard InChI is InChI=1S/C13H14BrN3O3/c1-3-20-13(18)11-12(15)17(7-16-11)10-6-8(19-2)4-5-9(10)14/h4-7H,3,15H2,1-2H3. The molecule has 0 aliphatic carbocycles. The lowest BCUT2D eigenvalue weighted by Crippen LogP contribution is -2.09. The molecule has 0 bridgehead atoms. The minimum atomic E-state index is -0.539. The number of hydrogen-bond acceptors (Lipinski definition) is 5. The number of nitrogen functional groups attached to an aromatic ring is 1.